The van der Waals surface area contributed by atoms with Crippen molar-refractivity contribution < 1.29 is 9.52 Å². The van der Waals surface area contributed by atoms with E-state index in [1.165, 1.54) is 0 Å². The molecule has 0 aliphatic heterocycles. The van der Waals surface area contributed by atoms with Crippen LogP contribution in [0.25, 0.3) is 0 Å². The predicted molar refractivity (Wildman–Crippen MR) is 49.8 cm³/mol. The van der Waals surface area contributed by atoms with Crippen molar-refractivity contribution in [1.82, 2.24) is 0 Å². The van der Waals surface area contributed by atoms with Crippen LogP contribution in [-0.4, -0.2) is 17.3 Å². The van der Waals surface area contributed by atoms with Crippen molar-refractivity contribution in [3.63, 3.8) is 0 Å². The van der Waals surface area contributed by atoms with Crippen LogP contribution in [0.1, 0.15) is 12.7 Å². The highest BCUT2D eigenvalue weighted by Gasteiger charge is 2.20. The summed E-state index contributed by atoms with van der Waals surface area (Å²) < 4.78 is 5.89. The molecule has 3 N–H and O–H groups in total. The Labute approximate surface area is 79.7 Å². The highest BCUT2D eigenvalue weighted by Crippen LogP contribution is 2.18. The molecule has 12 heavy (non-hydrogen) atoms. The Kier molecular flexibility index (Phi) is 2.93. The SMILES string of the molecule is CC(O)(CN)Cc1ccc(Br)o1. The molecule has 0 bridgehead atoms. The average Bonchev–Trinajstić information content (AvgIpc) is 2.35. The van der Waals surface area contributed by atoms with E-state index in [1.807, 2.05) is 6.07 Å². The minimum absolute atomic E-state index is 0.227. The zero-order chi connectivity index (χ0) is 9.19. The van der Waals surface area contributed by atoms with Gasteiger partial charge in [0.05, 0.1) is 5.60 Å². The molecule has 0 spiro atoms. The second-order valence-corrected chi connectivity index (χ2v) is 3.87. The molecular weight excluding hydrogens is 222 g/mol. The third-order valence-corrected chi connectivity index (χ3v) is 2.05. The largest absolute Gasteiger partial charge is 0.454 e. The summed E-state index contributed by atoms with van der Waals surface area (Å²) in [6.45, 7) is 1.91. The lowest BCUT2D eigenvalue weighted by atomic mass is 10.0. The molecule has 0 radical (unpaired) electrons. The summed E-state index contributed by atoms with van der Waals surface area (Å²) >= 11 is 3.18. The Hall–Kier alpha value is -0.320. The molecule has 4 heteroatoms. The standard InChI is InChI=1S/C8H12BrNO2/c1-8(11,5-10)4-6-2-3-7(9)12-6/h2-3,11H,4-5,10H2,1H3. The van der Waals surface area contributed by atoms with Crippen LogP contribution in [-0.2, 0) is 6.42 Å². The van der Waals surface area contributed by atoms with Crippen molar-refractivity contribution in [1.29, 1.82) is 0 Å². The zero-order valence-electron chi connectivity index (χ0n) is 6.88. The normalized spacial score (nSPS) is 16.0. The highest BCUT2D eigenvalue weighted by molar-refractivity contribution is 9.10. The topological polar surface area (TPSA) is 59.4 Å². The van der Waals surface area contributed by atoms with E-state index in [4.69, 9.17) is 10.2 Å². The van der Waals surface area contributed by atoms with E-state index in [0.29, 0.717) is 11.1 Å². The van der Waals surface area contributed by atoms with Crippen molar-refractivity contribution in [2.24, 2.45) is 5.73 Å². The van der Waals surface area contributed by atoms with Gasteiger partial charge in [0.2, 0.25) is 0 Å². The van der Waals surface area contributed by atoms with Gasteiger partial charge in [0.15, 0.2) is 4.67 Å². The van der Waals surface area contributed by atoms with Crippen LogP contribution < -0.4 is 5.73 Å². The third-order valence-electron chi connectivity index (χ3n) is 1.62. The molecular formula is C8H12BrNO2. The van der Waals surface area contributed by atoms with Gasteiger partial charge in [-0.05, 0) is 35.0 Å². The maximum absolute atomic E-state index is 9.59. The molecule has 0 saturated heterocycles. The van der Waals surface area contributed by atoms with E-state index in [0.717, 1.165) is 5.76 Å². The summed E-state index contributed by atoms with van der Waals surface area (Å²) in [6, 6.07) is 3.61. The van der Waals surface area contributed by atoms with Crippen LogP contribution in [0.4, 0.5) is 0 Å². The lowest BCUT2D eigenvalue weighted by Gasteiger charge is -2.18. The van der Waals surface area contributed by atoms with Gasteiger partial charge >= 0.3 is 0 Å². The summed E-state index contributed by atoms with van der Waals surface area (Å²) in [4.78, 5) is 0. The maximum Gasteiger partial charge on any atom is 0.169 e. The summed E-state index contributed by atoms with van der Waals surface area (Å²) in [5, 5.41) is 9.59. The fourth-order valence-corrected chi connectivity index (χ4v) is 1.23. The van der Waals surface area contributed by atoms with Gasteiger partial charge in [-0.15, -0.1) is 0 Å². The summed E-state index contributed by atoms with van der Waals surface area (Å²) in [7, 11) is 0. The van der Waals surface area contributed by atoms with E-state index >= 15 is 0 Å². The monoisotopic (exact) mass is 233 g/mol. The first kappa shape index (κ1) is 9.77. The zero-order valence-corrected chi connectivity index (χ0v) is 8.47. The Morgan fingerprint density at radius 3 is 2.75 bits per heavy atom. The molecule has 0 aromatic carbocycles. The van der Waals surface area contributed by atoms with Gasteiger partial charge in [-0.1, -0.05) is 0 Å². The van der Waals surface area contributed by atoms with Crippen molar-refractivity contribution in [3.8, 4) is 0 Å². The van der Waals surface area contributed by atoms with Crippen LogP contribution >= 0.6 is 15.9 Å². The van der Waals surface area contributed by atoms with Gasteiger partial charge in [-0.2, -0.15) is 0 Å². The van der Waals surface area contributed by atoms with Gasteiger partial charge < -0.3 is 15.3 Å². The second-order valence-electron chi connectivity index (χ2n) is 3.08. The smallest absolute Gasteiger partial charge is 0.169 e. The predicted octanol–water partition coefficient (Wildman–Crippen LogP) is 1.29. The highest BCUT2D eigenvalue weighted by atomic mass is 79.9. The van der Waals surface area contributed by atoms with Gasteiger partial charge in [-0.3, -0.25) is 0 Å². The molecule has 3 nitrogen and oxygen atoms in total. The van der Waals surface area contributed by atoms with Crippen LogP contribution in [0.2, 0.25) is 0 Å². The molecule has 1 rings (SSSR count). The Morgan fingerprint density at radius 2 is 2.33 bits per heavy atom. The number of rotatable bonds is 3. The number of aliphatic hydroxyl groups is 1. The number of nitrogens with two attached hydrogens (primary N) is 1. The molecule has 0 fully saturated rings. The van der Waals surface area contributed by atoms with Crippen LogP contribution in [0, 0.1) is 0 Å². The molecule has 0 amide bonds. The van der Waals surface area contributed by atoms with E-state index in [-0.39, 0.29) is 6.54 Å². The number of furan rings is 1. The van der Waals surface area contributed by atoms with Crippen molar-refractivity contribution in [3.05, 3.63) is 22.6 Å². The van der Waals surface area contributed by atoms with Crippen molar-refractivity contribution in [2.75, 3.05) is 6.54 Å². The number of hydrogen-bond acceptors (Lipinski definition) is 3. The van der Waals surface area contributed by atoms with E-state index in [1.54, 1.807) is 13.0 Å². The summed E-state index contributed by atoms with van der Waals surface area (Å²) in [5.41, 5.74) is 4.48. The molecule has 68 valence electrons. The summed E-state index contributed by atoms with van der Waals surface area (Å²) in [5.74, 6) is 0.734. The van der Waals surface area contributed by atoms with E-state index in [2.05, 4.69) is 15.9 Å². The minimum Gasteiger partial charge on any atom is -0.454 e. The van der Waals surface area contributed by atoms with Crippen molar-refractivity contribution in [2.45, 2.75) is 18.9 Å². The Balaban J connectivity index is 2.63. The molecule has 0 aliphatic carbocycles. The first-order valence-corrected chi connectivity index (χ1v) is 4.49. The fraction of sp³-hybridized carbons (Fsp3) is 0.500. The molecule has 1 unspecified atom stereocenters. The number of hydrogen-bond donors (Lipinski definition) is 2. The van der Waals surface area contributed by atoms with E-state index in [9.17, 15) is 5.11 Å². The van der Waals surface area contributed by atoms with Crippen molar-refractivity contribution >= 4 is 15.9 Å². The maximum atomic E-state index is 9.59. The first-order chi connectivity index (χ1) is 5.53. The molecule has 1 heterocycles. The quantitative estimate of drug-likeness (QED) is 0.828. The van der Waals surface area contributed by atoms with E-state index < -0.39 is 5.60 Å². The first-order valence-electron chi connectivity index (χ1n) is 3.70. The van der Waals surface area contributed by atoms with Crippen LogP contribution in [0.3, 0.4) is 0 Å². The molecule has 0 aliphatic rings. The Bertz CT molecular complexity index is 257. The van der Waals surface area contributed by atoms with Crippen LogP contribution in [0.15, 0.2) is 21.2 Å². The third kappa shape index (κ3) is 2.62. The van der Waals surface area contributed by atoms with Gasteiger partial charge in [0, 0.05) is 13.0 Å². The number of halogens is 1. The fourth-order valence-electron chi connectivity index (χ4n) is 0.894. The molecule has 1 aromatic heterocycles. The van der Waals surface area contributed by atoms with Gasteiger partial charge in [-0.25, -0.2) is 0 Å². The van der Waals surface area contributed by atoms with Crippen LogP contribution in [0.5, 0.6) is 0 Å². The molecule has 0 saturated carbocycles. The van der Waals surface area contributed by atoms with Gasteiger partial charge in [0.25, 0.3) is 0 Å². The van der Waals surface area contributed by atoms with Gasteiger partial charge in [0.1, 0.15) is 5.76 Å². The molecule has 1 atom stereocenters. The molecule has 1 aromatic rings. The second kappa shape index (κ2) is 3.60. The minimum atomic E-state index is -0.878. The lowest BCUT2D eigenvalue weighted by molar-refractivity contribution is 0.0639. The Morgan fingerprint density at radius 1 is 1.67 bits per heavy atom. The lowest BCUT2D eigenvalue weighted by Crippen LogP contribution is -2.36. The average molecular weight is 234 g/mol. The summed E-state index contributed by atoms with van der Waals surface area (Å²) in [6.07, 6.45) is 0.440.